The summed E-state index contributed by atoms with van der Waals surface area (Å²) in [6, 6.07) is 9.67. The van der Waals surface area contributed by atoms with Crippen LogP contribution in [0.5, 0.6) is 0 Å². The van der Waals surface area contributed by atoms with E-state index in [9.17, 15) is 4.79 Å². The number of ether oxygens (including phenoxy) is 1. The van der Waals surface area contributed by atoms with Crippen LogP contribution in [0.25, 0.3) is 16.9 Å². The van der Waals surface area contributed by atoms with E-state index in [0.717, 1.165) is 66.1 Å². The summed E-state index contributed by atoms with van der Waals surface area (Å²) in [5, 5.41) is 8.69. The fourth-order valence-corrected chi connectivity index (χ4v) is 5.12. The number of hydrogen-bond donors (Lipinski definition) is 1. The molecule has 9 heteroatoms. The summed E-state index contributed by atoms with van der Waals surface area (Å²) in [7, 11) is 0. The second kappa shape index (κ2) is 9.37. The molecule has 1 amide bonds. The Kier molecular flexibility index (Phi) is 6.35. The number of fused-ring (bicyclic) bond motifs is 1. The van der Waals surface area contributed by atoms with Crippen LogP contribution in [-0.2, 0) is 9.53 Å². The van der Waals surface area contributed by atoms with Crippen molar-refractivity contribution in [3.8, 4) is 11.3 Å². The van der Waals surface area contributed by atoms with Crippen LogP contribution < -0.4 is 5.32 Å². The van der Waals surface area contributed by atoms with Crippen molar-refractivity contribution in [2.45, 2.75) is 19.3 Å². The summed E-state index contributed by atoms with van der Waals surface area (Å²) >= 11 is 9.98. The fourth-order valence-electron chi connectivity index (χ4n) is 4.54. The van der Waals surface area contributed by atoms with E-state index >= 15 is 0 Å². The Morgan fingerprint density at radius 3 is 3.00 bits per heavy atom. The highest BCUT2D eigenvalue weighted by atomic mass is 79.9. The molecule has 2 saturated heterocycles. The predicted molar refractivity (Wildman–Crippen MR) is 128 cm³/mol. The van der Waals surface area contributed by atoms with Crippen molar-refractivity contribution in [2.75, 3.05) is 38.2 Å². The molecular weight excluding hydrogens is 494 g/mol. The van der Waals surface area contributed by atoms with Crippen molar-refractivity contribution >= 4 is 44.9 Å². The zero-order chi connectivity index (χ0) is 22.1. The van der Waals surface area contributed by atoms with Crippen LogP contribution in [0.2, 0.25) is 5.02 Å². The van der Waals surface area contributed by atoms with Gasteiger partial charge in [-0.25, -0.2) is 4.98 Å². The van der Waals surface area contributed by atoms with Crippen LogP contribution in [-0.4, -0.2) is 58.3 Å². The van der Waals surface area contributed by atoms with Gasteiger partial charge in [-0.3, -0.25) is 4.79 Å². The number of rotatable bonds is 5. The van der Waals surface area contributed by atoms with Gasteiger partial charge in [0, 0.05) is 42.9 Å². The molecule has 1 aromatic carbocycles. The van der Waals surface area contributed by atoms with Crippen molar-refractivity contribution in [1.82, 2.24) is 19.5 Å². The van der Waals surface area contributed by atoms with Crippen molar-refractivity contribution in [3.05, 3.63) is 46.0 Å². The summed E-state index contributed by atoms with van der Waals surface area (Å²) < 4.78 is 8.03. The Bertz CT molecular complexity index is 1130. The Balaban J connectivity index is 1.35. The van der Waals surface area contributed by atoms with Gasteiger partial charge >= 0.3 is 0 Å². The lowest BCUT2D eigenvalue weighted by Gasteiger charge is -2.34. The Morgan fingerprint density at radius 1 is 1.31 bits per heavy atom. The lowest BCUT2D eigenvalue weighted by molar-refractivity contribution is -0.137. The fraction of sp³-hybridized carbons (Fsp3) is 0.435. The maximum Gasteiger partial charge on any atom is 0.228 e. The monoisotopic (exact) mass is 517 g/mol. The first-order valence-corrected chi connectivity index (χ1v) is 12.2. The molecule has 2 aliphatic rings. The Morgan fingerprint density at radius 2 is 2.19 bits per heavy atom. The topological polar surface area (TPSA) is 71.8 Å². The number of amides is 1. The summed E-state index contributed by atoms with van der Waals surface area (Å²) in [5.41, 5.74) is 2.39. The largest absolute Gasteiger partial charge is 0.381 e. The second-order valence-corrected chi connectivity index (χ2v) is 9.73. The lowest BCUT2D eigenvalue weighted by atomic mass is 9.96. The maximum absolute atomic E-state index is 12.8. The number of hydrogen-bond acceptors (Lipinski definition) is 5. The third kappa shape index (κ3) is 4.36. The van der Waals surface area contributed by atoms with Crippen molar-refractivity contribution < 1.29 is 9.53 Å². The van der Waals surface area contributed by atoms with Crippen LogP contribution in [0.4, 0.5) is 5.82 Å². The molecule has 0 spiro atoms. The number of anilines is 1. The summed E-state index contributed by atoms with van der Waals surface area (Å²) in [5.74, 6) is 1.50. The number of nitrogens with one attached hydrogen (secondary N) is 1. The van der Waals surface area contributed by atoms with Gasteiger partial charge in [-0.2, -0.15) is 9.61 Å². The molecule has 2 aromatic heterocycles. The van der Waals surface area contributed by atoms with E-state index in [1.807, 2.05) is 35.2 Å². The van der Waals surface area contributed by atoms with Crippen LogP contribution in [0.1, 0.15) is 19.3 Å². The van der Waals surface area contributed by atoms with Gasteiger partial charge in [0.1, 0.15) is 5.82 Å². The quantitative estimate of drug-likeness (QED) is 0.538. The molecule has 2 fully saturated rings. The number of nitrogens with zero attached hydrogens (tertiary/aromatic N) is 4. The highest BCUT2D eigenvalue weighted by Gasteiger charge is 2.31. The van der Waals surface area contributed by atoms with Crippen LogP contribution in [0.15, 0.2) is 41.0 Å². The van der Waals surface area contributed by atoms with Crippen molar-refractivity contribution in [3.63, 3.8) is 0 Å². The number of aromatic nitrogens is 3. The van der Waals surface area contributed by atoms with Crippen LogP contribution in [0.3, 0.4) is 0 Å². The third-order valence-corrected chi connectivity index (χ3v) is 7.15. The van der Waals surface area contributed by atoms with Gasteiger partial charge in [0.05, 0.1) is 28.9 Å². The standard InChI is InChI=1S/C23H25BrClN5O2/c24-18-12-27-30-21(10-20(28-22(18)30)17-5-1-2-6-19(17)25)26-11-15-4-3-8-29(13-15)23(31)16-7-9-32-14-16/h1-2,5-6,10,12,15-16,26H,3-4,7-9,11,13-14H2. The van der Waals surface area contributed by atoms with Gasteiger partial charge in [-0.15, -0.1) is 0 Å². The molecule has 2 atom stereocenters. The first-order valence-electron chi connectivity index (χ1n) is 11.0. The van der Waals surface area contributed by atoms with Gasteiger partial charge in [0.25, 0.3) is 0 Å². The number of benzene rings is 1. The lowest BCUT2D eigenvalue weighted by Crippen LogP contribution is -2.44. The smallest absolute Gasteiger partial charge is 0.228 e. The number of likely N-dealkylation sites (tertiary alicyclic amines) is 1. The first kappa shape index (κ1) is 21.7. The summed E-state index contributed by atoms with van der Waals surface area (Å²) in [4.78, 5) is 19.6. The van der Waals surface area contributed by atoms with Crippen molar-refractivity contribution in [2.24, 2.45) is 11.8 Å². The van der Waals surface area contributed by atoms with Gasteiger partial charge in [0.2, 0.25) is 5.91 Å². The van der Waals surface area contributed by atoms with E-state index in [-0.39, 0.29) is 11.8 Å². The molecule has 0 saturated carbocycles. The molecule has 168 valence electrons. The van der Waals surface area contributed by atoms with Gasteiger partial charge in [-0.05, 0) is 47.2 Å². The van der Waals surface area contributed by atoms with E-state index < -0.39 is 0 Å². The van der Waals surface area contributed by atoms with E-state index in [1.165, 1.54) is 0 Å². The zero-order valence-electron chi connectivity index (χ0n) is 17.6. The maximum atomic E-state index is 12.8. The minimum absolute atomic E-state index is 0.0288. The molecule has 0 radical (unpaired) electrons. The molecule has 0 aliphatic carbocycles. The third-order valence-electron chi connectivity index (χ3n) is 6.26. The molecule has 7 nitrogen and oxygen atoms in total. The van der Waals surface area contributed by atoms with Gasteiger partial charge < -0.3 is 15.0 Å². The number of carbonyl (C=O) groups excluding carboxylic acids is 1. The van der Waals surface area contributed by atoms with Crippen LogP contribution >= 0.6 is 27.5 Å². The summed E-state index contributed by atoms with van der Waals surface area (Å²) in [6.07, 6.45) is 4.70. The molecule has 4 heterocycles. The number of carbonyl (C=O) groups is 1. The molecule has 2 aliphatic heterocycles. The van der Waals surface area contributed by atoms with E-state index in [1.54, 1.807) is 10.7 Å². The molecule has 2 unspecified atom stereocenters. The van der Waals surface area contributed by atoms with Crippen LogP contribution in [0, 0.1) is 11.8 Å². The highest BCUT2D eigenvalue weighted by Crippen LogP contribution is 2.30. The normalized spacial score (nSPS) is 21.2. The SMILES string of the molecule is O=C(C1CCOC1)N1CCCC(CNc2cc(-c3ccccc3Cl)nc3c(Br)cnn23)C1. The van der Waals surface area contributed by atoms with Crippen molar-refractivity contribution in [1.29, 1.82) is 0 Å². The van der Waals surface area contributed by atoms with E-state index in [0.29, 0.717) is 24.2 Å². The minimum Gasteiger partial charge on any atom is -0.381 e. The first-order chi connectivity index (χ1) is 15.6. The average molecular weight is 519 g/mol. The number of piperidine rings is 1. The second-order valence-electron chi connectivity index (χ2n) is 8.47. The molecule has 0 bridgehead atoms. The molecule has 1 N–H and O–H groups in total. The highest BCUT2D eigenvalue weighted by molar-refractivity contribution is 9.10. The molecule has 3 aromatic rings. The molecule has 32 heavy (non-hydrogen) atoms. The average Bonchev–Trinajstić information content (AvgIpc) is 3.48. The van der Waals surface area contributed by atoms with Gasteiger partial charge in [-0.1, -0.05) is 29.8 Å². The summed E-state index contributed by atoms with van der Waals surface area (Å²) in [6.45, 7) is 3.63. The zero-order valence-corrected chi connectivity index (χ0v) is 20.0. The minimum atomic E-state index is 0.0288. The Labute approximate surface area is 200 Å². The number of halogens is 2. The van der Waals surface area contributed by atoms with E-state index in [4.69, 9.17) is 21.3 Å². The van der Waals surface area contributed by atoms with E-state index in [2.05, 4.69) is 26.3 Å². The molecule has 5 rings (SSSR count). The Hall–Kier alpha value is -2.16. The molecular formula is C23H25BrClN5O2. The predicted octanol–water partition coefficient (Wildman–Crippen LogP) is 4.50. The van der Waals surface area contributed by atoms with Gasteiger partial charge in [0.15, 0.2) is 5.65 Å².